The number of hydrogen-bond acceptors (Lipinski definition) is 3. The topological polar surface area (TPSA) is 43.0 Å². The summed E-state index contributed by atoms with van der Waals surface area (Å²) in [4.78, 5) is 0. The van der Waals surface area contributed by atoms with E-state index in [0.717, 1.165) is 35.2 Å². The quantitative estimate of drug-likeness (QED) is 0.889. The predicted octanol–water partition coefficient (Wildman–Crippen LogP) is 3.35. The van der Waals surface area contributed by atoms with Crippen LogP contribution < -0.4 is 5.32 Å². The van der Waals surface area contributed by atoms with E-state index < -0.39 is 0 Å². The zero-order valence-corrected chi connectivity index (χ0v) is 12.3. The van der Waals surface area contributed by atoms with Crippen LogP contribution in [0.2, 0.25) is 0 Å². The van der Waals surface area contributed by atoms with Gasteiger partial charge in [-0.1, -0.05) is 13.8 Å². The van der Waals surface area contributed by atoms with E-state index in [1.165, 1.54) is 0 Å². The average Bonchev–Trinajstić information content (AvgIpc) is 2.98. The number of furan rings is 1. The summed E-state index contributed by atoms with van der Waals surface area (Å²) in [6, 6.07) is 2.10. The summed E-state index contributed by atoms with van der Waals surface area (Å²) in [6.07, 6.45) is 6.40. The van der Waals surface area contributed by atoms with Gasteiger partial charge in [-0.3, -0.25) is 4.68 Å². The lowest BCUT2D eigenvalue weighted by molar-refractivity contribution is 0.510. The molecule has 0 saturated heterocycles. The molecule has 0 aliphatic carbocycles. The van der Waals surface area contributed by atoms with Crippen LogP contribution in [-0.4, -0.2) is 16.3 Å². The minimum atomic E-state index is 0.108. The van der Waals surface area contributed by atoms with Gasteiger partial charge in [0.15, 0.2) is 0 Å². The normalized spacial score (nSPS) is 12.8. The lowest BCUT2D eigenvalue weighted by Gasteiger charge is -2.18. The van der Waals surface area contributed by atoms with E-state index in [0.29, 0.717) is 0 Å². The summed E-state index contributed by atoms with van der Waals surface area (Å²) in [5.41, 5.74) is 2.27. The standard InChI is InChI=1S/C13H18BrN3O/c1-3-6-17-13(11(14)8-16-17)12(15-4-2)10-5-7-18-9-10/h5,7-9,12,15H,3-4,6H2,1-2H3. The van der Waals surface area contributed by atoms with Crippen molar-refractivity contribution in [2.24, 2.45) is 0 Å². The van der Waals surface area contributed by atoms with Crippen LogP contribution >= 0.6 is 15.9 Å². The molecule has 2 rings (SSSR count). The van der Waals surface area contributed by atoms with Crippen LogP contribution in [0.5, 0.6) is 0 Å². The summed E-state index contributed by atoms with van der Waals surface area (Å²) < 4.78 is 8.27. The molecule has 1 N–H and O–H groups in total. The lowest BCUT2D eigenvalue weighted by atomic mass is 10.1. The first-order valence-corrected chi connectivity index (χ1v) is 7.03. The van der Waals surface area contributed by atoms with E-state index in [1.54, 1.807) is 12.5 Å². The molecule has 0 fully saturated rings. The van der Waals surface area contributed by atoms with Gasteiger partial charge in [0.2, 0.25) is 0 Å². The molecular formula is C13H18BrN3O. The van der Waals surface area contributed by atoms with E-state index in [4.69, 9.17) is 4.42 Å². The van der Waals surface area contributed by atoms with Crippen molar-refractivity contribution in [1.82, 2.24) is 15.1 Å². The Hall–Kier alpha value is -1.07. The molecule has 0 spiro atoms. The van der Waals surface area contributed by atoms with E-state index in [-0.39, 0.29) is 6.04 Å². The molecule has 2 aromatic heterocycles. The molecule has 18 heavy (non-hydrogen) atoms. The number of aryl methyl sites for hydroxylation is 1. The lowest BCUT2D eigenvalue weighted by Crippen LogP contribution is -2.25. The Morgan fingerprint density at radius 3 is 2.94 bits per heavy atom. The Balaban J connectivity index is 2.39. The van der Waals surface area contributed by atoms with Gasteiger partial charge in [-0.05, 0) is 35.0 Å². The second-order valence-corrected chi connectivity index (χ2v) is 5.00. The van der Waals surface area contributed by atoms with E-state index in [1.807, 2.05) is 16.9 Å². The van der Waals surface area contributed by atoms with Gasteiger partial charge in [-0.2, -0.15) is 5.10 Å². The van der Waals surface area contributed by atoms with E-state index in [9.17, 15) is 0 Å². The van der Waals surface area contributed by atoms with Gasteiger partial charge in [0, 0.05) is 12.1 Å². The third-order valence-electron chi connectivity index (χ3n) is 2.83. The monoisotopic (exact) mass is 311 g/mol. The maximum atomic E-state index is 5.19. The summed E-state index contributed by atoms with van der Waals surface area (Å²) in [7, 11) is 0. The van der Waals surface area contributed by atoms with Crippen LogP contribution in [-0.2, 0) is 6.54 Å². The molecule has 1 unspecified atom stereocenters. The maximum absolute atomic E-state index is 5.19. The highest BCUT2D eigenvalue weighted by Gasteiger charge is 2.21. The molecule has 0 saturated carbocycles. The first kappa shape index (κ1) is 13.4. The Bertz CT molecular complexity index is 478. The van der Waals surface area contributed by atoms with Crippen molar-refractivity contribution in [3.8, 4) is 0 Å². The number of rotatable bonds is 6. The Morgan fingerprint density at radius 2 is 2.33 bits per heavy atom. The highest BCUT2D eigenvalue weighted by atomic mass is 79.9. The highest BCUT2D eigenvalue weighted by molar-refractivity contribution is 9.10. The molecule has 2 heterocycles. The van der Waals surface area contributed by atoms with Crippen molar-refractivity contribution >= 4 is 15.9 Å². The molecule has 98 valence electrons. The smallest absolute Gasteiger partial charge is 0.0954 e. The molecule has 0 amide bonds. The maximum Gasteiger partial charge on any atom is 0.0954 e. The van der Waals surface area contributed by atoms with Crippen molar-refractivity contribution in [3.05, 3.63) is 40.5 Å². The SMILES string of the molecule is CCCn1ncc(Br)c1C(NCC)c1ccoc1. The Labute approximate surface area is 115 Å². The first-order chi connectivity index (χ1) is 8.77. The van der Waals surface area contributed by atoms with Gasteiger partial charge < -0.3 is 9.73 Å². The summed E-state index contributed by atoms with van der Waals surface area (Å²) in [5.74, 6) is 0. The van der Waals surface area contributed by atoms with Gasteiger partial charge in [0.05, 0.1) is 34.9 Å². The predicted molar refractivity (Wildman–Crippen MR) is 74.4 cm³/mol. The zero-order chi connectivity index (χ0) is 13.0. The molecule has 0 aromatic carbocycles. The fourth-order valence-corrected chi connectivity index (χ4v) is 2.59. The molecule has 0 aliphatic heterocycles. The Kier molecular flexibility index (Phi) is 4.60. The molecule has 0 radical (unpaired) electrons. The van der Waals surface area contributed by atoms with E-state index in [2.05, 4.69) is 40.2 Å². The summed E-state index contributed by atoms with van der Waals surface area (Å²) >= 11 is 3.59. The van der Waals surface area contributed by atoms with Crippen molar-refractivity contribution in [1.29, 1.82) is 0 Å². The fourth-order valence-electron chi connectivity index (χ4n) is 2.06. The van der Waals surface area contributed by atoms with Gasteiger partial charge in [0.1, 0.15) is 0 Å². The zero-order valence-electron chi connectivity index (χ0n) is 10.7. The molecule has 5 heteroatoms. The molecule has 4 nitrogen and oxygen atoms in total. The average molecular weight is 312 g/mol. The van der Waals surface area contributed by atoms with Crippen LogP contribution in [0.15, 0.2) is 33.7 Å². The van der Waals surface area contributed by atoms with Crippen LogP contribution in [0.4, 0.5) is 0 Å². The fraction of sp³-hybridized carbons (Fsp3) is 0.462. The second kappa shape index (κ2) is 6.20. The van der Waals surface area contributed by atoms with Crippen LogP contribution in [0.25, 0.3) is 0 Å². The number of nitrogens with one attached hydrogen (secondary N) is 1. The minimum Gasteiger partial charge on any atom is -0.472 e. The van der Waals surface area contributed by atoms with Crippen LogP contribution in [0.3, 0.4) is 0 Å². The van der Waals surface area contributed by atoms with Crippen molar-refractivity contribution in [2.45, 2.75) is 32.9 Å². The summed E-state index contributed by atoms with van der Waals surface area (Å²) in [6.45, 7) is 6.06. The second-order valence-electron chi connectivity index (χ2n) is 4.15. The number of nitrogens with zero attached hydrogens (tertiary/aromatic N) is 2. The highest BCUT2D eigenvalue weighted by Crippen LogP contribution is 2.29. The first-order valence-electron chi connectivity index (χ1n) is 6.24. The molecule has 2 aromatic rings. The van der Waals surface area contributed by atoms with E-state index >= 15 is 0 Å². The van der Waals surface area contributed by atoms with Gasteiger partial charge >= 0.3 is 0 Å². The van der Waals surface area contributed by atoms with Crippen LogP contribution in [0, 0.1) is 0 Å². The van der Waals surface area contributed by atoms with Crippen molar-refractivity contribution in [3.63, 3.8) is 0 Å². The van der Waals surface area contributed by atoms with Gasteiger partial charge in [-0.25, -0.2) is 0 Å². The third-order valence-corrected chi connectivity index (χ3v) is 3.44. The third kappa shape index (κ3) is 2.67. The number of aromatic nitrogens is 2. The minimum absolute atomic E-state index is 0.108. The molecule has 1 atom stereocenters. The largest absolute Gasteiger partial charge is 0.472 e. The van der Waals surface area contributed by atoms with Gasteiger partial charge in [-0.15, -0.1) is 0 Å². The van der Waals surface area contributed by atoms with Gasteiger partial charge in [0.25, 0.3) is 0 Å². The Morgan fingerprint density at radius 1 is 1.50 bits per heavy atom. The molecule has 0 aliphatic rings. The number of halogens is 1. The summed E-state index contributed by atoms with van der Waals surface area (Å²) in [5, 5.41) is 7.89. The van der Waals surface area contributed by atoms with Crippen molar-refractivity contribution < 1.29 is 4.42 Å². The molecule has 0 bridgehead atoms. The molecular weight excluding hydrogens is 294 g/mol. The van der Waals surface area contributed by atoms with Crippen LogP contribution in [0.1, 0.15) is 37.6 Å². The van der Waals surface area contributed by atoms with Crippen molar-refractivity contribution in [2.75, 3.05) is 6.54 Å². The number of hydrogen-bond donors (Lipinski definition) is 1.